The molecule has 0 aliphatic heterocycles. The Labute approximate surface area is 161 Å². The summed E-state index contributed by atoms with van der Waals surface area (Å²) in [4.78, 5) is 0. The molecular formula is C23H41Br. The standard InChI is InChI=1S/C23H41Br/c1-8-22(20(6)16-18-24)15-11-14-21(7)23(9-2,10-3)17-12-13-19(4)5/h13-14,16,22H,8-12,15,17-18H2,1-7H3/b20-16+,21-14+. The van der Waals surface area contributed by atoms with E-state index < -0.39 is 0 Å². The van der Waals surface area contributed by atoms with E-state index in [-0.39, 0.29) is 0 Å². The third kappa shape index (κ3) is 8.19. The Balaban J connectivity index is 4.90. The number of rotatable bonds is 12. The summed E-state index contributed by atoms with van der Waals surface area (Å²) in [5.74, 6) is 0.731. The maximum atomic E-state index is 3.52. The molecule has 0 fully saturated rings. The lowest BCUT2D eigenvalue weighted by molar-refractivity contribution is 0.301. The van der Waals surface area contributed by atoms with Crippen LogP contribution in [0.1, 0.15) is 93.4 Å². The summed E-state index contributed by atoms with van der Waals surface area (Å²) in [6.45, 7) is 16.1. The first-order valence-electron chi connectivity index (χ1n) is 9.90. The Morgan fingerprint density at radius 2 is 1.54 bits per heavy atom. The first-order valence-corrected chi connectivity index (χ1v) is 11.0. The normalized spacial score (nSPS) is 14.7. The van der Waals surface area contributed by atoms with E-state index >= 15 is 0 Å². The van der Waals surface area contributed by atoms with Crippen LogP contribution in [0.15, 0.2) is 34.9 Å². The molecule has 1 atom stereocenters. The number of halogens is 1. The van der Waals surface area contributed by atoms with Crippen LogP contribution in [0.5, 0.6) is 0 Å². The van der Waals surface area contributed by atoms with Gasteiger partial charge in [-0.1, -0.05) is 71.6 Å². The van der Waals surface area contributed by atoms with Gasteiger partial charge in [0.2, 0.25) is 0 Å². The number of hydrogen-bond donors (Lipinski definition) is 0. The molecule has 0 aliphatic carbocycles. The van der Waals surface area contributed by atoms with Crippen molar-refractivity contribution in [2.24, 2.45) is 11.3 Å². The third-order valence-corrected chi connectivity index (χ3v) is 6.19. The summed E-state index contributed by atoms with van der Waals surface area (Å²) in [5, 5.41) is 0.976. The van der Waals surface area contributed by atoms with Gasteiger partial charge in [-0.25, -0.2) is 0 Å². The predicted octanol–water partition coefficient (Wildman–Crippen LogP) is 8.63. The number of alkyl halides is 1. The first-order chi connectivity index (χ1) is 11.4. The molecule has 0 aliphatic rings. The molecule has 140 valence electrons. The molecule has 24 heavy (non-hydrogen) atoms. The molecule has 0 amide bonds. The smallest absolute Gasteiger partial charge is 0.0214 e. The highest BCUT2D eigenvalue weighted by Gasteiger charge is 2.27. The van der Waals surface area contributed by atoms with Crippen LogP contribution >= 0.6 is 15.9 Å². The van der Waals surface area contributed by atoms with E-state index in [1.54, 1.807) is 11.1 Å². The van der Waals surface area contributed by atoms with E-state index in [4.69, 9.17) is 0 Å². The fourth-order valence-corrected chi connectivity index (χ4v) is 4.27. The highest BCUT2D eigenvalue weighted by molar-refractivity contribution is 9.09. The molecule has 0 aromatic rings. The summed E-state index contributed by atoms with van der Waals surface area (Å²) in [7, 11) is 0. The van der Waals surface area contributed by atoms with Gasteiger partial charge >= 0.3 is 0 Å². The Bertz CT molecular complexity index is 417. The highest BCUT2D eigenvalue weighted by Crippen LogP contribution is 2.40. The molecule has 1 unspecified atom stereocenters. The zero-order chi connectivity index (χ0) is 18.6. The molecule has 0 spiro atoms. The predicted molar refractivity (Wildman–Crippen MR) is 116 cm³/mol. The van der Waals surface area contributed by atoms with Crippen molar-refractivity contribution in [3.05, 3.63) is 34.9 Å². The van der Waals surface area contributed by atoms with Crippen molar-refractivity contribution in [1.82, 2.24) is 0 Å². The average molecular weight is 397 g/mol. The van der Waals surface area contributed by atoms with Crippen molar-refractivity contribution in [3.63, 3.8) is 0 Å². The minimum Gasteiger partial charge on any atom is -0.0883 e. The van der Waals surface area contributed by atoms with Crippen LogP contribution in [0, 0.1) is 11.3 Å². The second-order valence-corrected chi connectivity index (χ2v) is 8.13. The molecule has 0 radical (unpaired) electrons. The zero-order valence-corrected chi connectivity index (χ0v) is 18.9. The van der Waals surface area contributed by atoms with Crippen molar-refractivity contribution < 1.29 is 0 Å². The summed E-state index contributed by atoms with van der Waals surface area (Å²) < 4.78 is 0. The average Bonchev–Trinajstić information content (AvgIpc) is 2.55. The van der Waals surface area contributed by atoms with Crippen LogP contribution < -0.4 is 0 Å². The molecule has 0 saturated carbocycles. The molecule has 1 heteroatoms. The summed E-state index contributed by atoms with van der Waals surface area (Å²) in [5.41, 5.74) is 5.00. The van der Waals surface area contributed by atoms with Gasteiger partial charge in [0, 0.05) is 5.33 Å². The Hall–Kier alpha value is -0.300. The van der Waals surface area contributed by atoms with E-state index in [0.717, 1.165) is 11.2 Å². The van der Waals surface area contributed by atoms with Gasteiger partial charge in [-0.2, -0.15) is 0 Å². The van der Waals surface area contributed by atoms with Crippen LogP contribution in [0.4, 0.5) is 0 Å². The van der Waals surface area contributed by atoms with E-state index in [2.05, 4.69) is 82.6 Å². The first kappa shape index (κ1) is 23.7. The fourth-order valence-electron chi connectivity index (χ4n) is 3.76. The van der Waals surface area contributed by atoms with Gasteiger partial charge in [0.25, 0.3) is 0 Å². The highest BCUT2D eigenvalue weighted by atomic mass is 79.9. The Morgan fingerprint density at radius 3 is 2.00 bits per heavy atom. The minimum absolute atomic E-state index is 0.397. The monoisotopic (exact) mass is 396 g/mol. The van der Waals surface area contributed by atoms with Crippen molar-refractivity contribution in [2.45, 2.75) is 93.4 Å². The van der Waals surface area contributed by atoms with Crippen molar-refractivity contribution in [1.29, 1.82) is 0 Å². The molecular weight excluding hydrogens is 356 g/mol. The van der Waals surface area contributed by atoms with Gasteiger partial charge in [-0.05, 0) is 84.0 Å². The molecule has 0 bridgehead atoms. The van der Waals surface area contributed by atoms with E-state index in [0.29, 0.717) is 5.41 Å². The van der Waals surface area contributed by atoms with Gasteiger partial charge in [0.15, 0.2) is 0 Å². The third-order valence-electron chi connectivity index (χ3n) is 5.87. The SMILES string of the molecule is CCC(CC/C=C(\C)C(CC)(CC)CCC=C(C)C)/C(C)=C/CBr. The molecule has 0 aromatic carbocycles. The Kier molecular flexibility index (Phi) is 12.8. The van der Waals surface area contributed by atoms with Crippen LogP contribution in [0.3, 0.4) is 0 Å². The van der Waals surface area contributed by atoms with E-state index in [1.807, 2.05) is 0 Å². The minimum atomic E-state index is 0.397. The fraction of sp³-hybridized carbons (Fsp3) is 0.739. The van der Waals surface area contributed by atoms with Crippen LogP contribution in [-0.4, -0.2) is 5.33 Å². The van der Waals surface area contributed by atoms with E-state index in [1.165, 1.54) is 50.5 Å². The molecule has 0 saturated heterocycles. The molecule has 0 heterocycles. The van der Waals surface area contributed by atoms with Crippen molar-refractivity contribution in [3.8, 4) is 0 Å². The Morgan fingerprint density at radius 1 is 0.917 bits per heavy atom. The summed E-state index contributed by atoms with van der Waals surface area (Å²) >= 11 is 3.52. The van der Waals surface area contributed by atoms with Gasteiger partial charge in [0.05, 0.1) is 0 Å². The van der Waals surface area contributed by atoms with Gasteiger partial charge in [-0.15, -0.1) is 0 Å². The lowest BCUT2D eigenvalue weighted by Crippen LogP contribution is -2.20. The summed E-state index contributed by atoms with van der Waals surface area (Å²) in [6, 6.07) is 0. The molecule has 0 nitrogen and oxygen atoms in total. The van der Waals surface area contributed by atoms with Crippen LogP contribution in [0.25, 0.3) is 0 Å². The molecule has 0 aromatic heterocycles. The molecule has 0 rings (SSSR count). The topological polar surface area (TPSA) is 0 Å². The lowest BCUT2D eigenvalue weighted by Gasteiger charge is -2.33. The maximum Gasteiger partial charge on any atom is 0.0214 e. The quantitative estimate of drug-likeness (QED) is 0.228. The number of allylic oxidation sites excluding steroid dienone is 6. The summed E-state index contributed by atoms with van der Waals surface area (Å²) in [6.07, 6.45) is 16.0. The van der Waals surface area contributed by atoms with E-state index in [9.17, 15) is 0 Å². The van der Waals surface area contributed by atoms with Gasteiger partial charge < -0.3 is 0 Å². The van der Waals surface area contributed by atoms with Crippen molar-refractivity contribution >= 4 is 15.9 Å². The zero-order valence-electron chi connectivity index (χ0n) is 17.3. The number of hydrogen-bond acceptors (Lipinski definition) is 0. The maximum absolute atomic E-state index is 3.52. The second kappa shape index (κ2) is 13.0. The van der Waals surface area contributed by atoms with Crippen LogP contribution in [-0.2, 0) is 0 Å². The second-order valence-electron chi connectivity index (χ2n) is 7.48. The molecule has 0 N–H and O–H groups in total. The van der Waals surface area contributed by atoms with Gasteiger partial charge in [0.1, 0.15) is 0 Å². The van der Waals surface area contributed by atoms with Crippen LogP contribution in [0.2, 0.25) is 0 Å². The van der Waals surface area contributed by atoms with Crippen molar-refractivity contribution in [2.75, 3.05) is 5.33 Å². The van der Waals surface area contributed by atoms with Gasteiger partial charge in [-0.3, -0.25) is 0 Å². The lowest BCUT2D eigenvalue weighted by atomic mass is 9.72. The largest absolute Gasteiger partial charge is 0.0883 e.